The normalized spacial score (nSPS) is 21.0. The number of ether oxygens (including phenoxy) is 1. The molecule has 4 heteroatoms. The van der Waals surface area contributed by atoms with Gasteiger partial charge in [0, 0.05) is 19.4 Å². The van der Waals surface area contributed by atoms with Gasteiger partial charge in [-0.15, -0.1) is 0 Å². The molecule has 0 amide bonds. The van der Waals surface area contributed by atoms with E-state index in [-0.39, 0.29) is 0 Å². The second-order valence-electron chi connectivity index (χ2n) is 8.37. The van der Waals surface area contributed by atoms with Crippen molar-refractivity contribution < 1.29 is 4.74 Å². The van der Waals surface area contributed by atoms with Crippen LogP contribution in [0.15, 0.2) is 5.10 Å². The van der Waals surface area contributed by atoms with Gasteiger partial charge < -0.3 is 4.74 Å². The summed E-state index contributed by atoms with van der Waals surface area (Å²) in [7, 11) is 0.415. The standard InChI is InChI=1S/C18H38N2OSi/c1-9-16(14-22(7,8)18(4,5)15(2)3)19-20-12-10-11-17(20)13-21-6/h15,17H,9-14H2,1-8H3/b19-16-/t17-/m0/s1. The lowest BCUT2D eigenvalue weighted by atomic mass is 9.99. The molecule has 0 unspecified atom stereocenters. The van der Waals surface area contributed by atoms with Crippen molar-refractivity contribution in [1.29, 1.82) is 0 Å². The summed E-state index contributed by atoms with van der Waals surface area (Å²) < 4.78 is 5.36. The Balaban J connectivity index is 2.85. The fourth-order valence-corrected chi connectivity index (χ4v) is 6.61. The van der Waals surface area contributed by atoms with Crippen molar-refractivity contribution in [2.45, 2.75) is 84.1 Å². The van der Waals surface area contributed by atoms with E-state index in [1.54, 1.807) is 7.11 Å². The molecule has 1 heterocycles. The maximum atomic E-state index is 5.36. The van der Waals surface area contributed by atoms with Crippen molar-refractivity contribution in [2.24, 2.45) is 11.0 Å². The summed E-state index contributed by atoms with van der Waals surface area (Å²) in [6, 6.07) is 1.69. The zero-order valence-corrected chi connectivity index (χ0v) is 17.2. The summed E-state index contributed by atoms with van der Waals surface area (Å²) in [6.07, 6.45) is 3.53. The Kier molecular flexibility index (Phi) is 7.12. The van der Waals surface area contributed by atoms with Gasteiger partial charge in [0.05, 0.1) is 20.7 Å². The maximum absolute atomic E-state index is 5.36. The molecule has 1 fully saturated rings. The van der Waals surface area contributed by atoms with Gasteiger partial charge in [0.25, 0.3) is 0 Å². The van der Waals surface area contributed by atoms with Gasteiger partial charge >= 0.3 is 0 Å². The molecule has 1 aliphatic rings. The topological polar surface area (TPSA) is 24.8 Å². The molecule has 0 radical (unpaired) electrons. The lowest BCUT2D eigenvalue weighted by molar-refractivity contribution is 0.117. The van der Waals surface area contributed by atoms with Gasteiger partial charge in [-0.3, -0.25) is 5.01 Å². The van der Waals surface area contributed by atoms with Crippen LogP contribution in [0, 0.1) is 5.92 Å². The van der Waals surface area contributed by atoms with Crippen LogP contribution in [0.5, 0.6) is 0 Å². The van der Waals surface area contributed by atoms with Crippen LogP contribution < -0.4 is 0 Å². The summed E-state index contributed by atoms with van der Waals surface area (Å²) in [5.41, 5.74) is 1.40. The number of hydrogen-bond acceptors (Lipinski definition) is 3. The molecule has 0 N–H and O–H groups in total. The zero-order chi connectivity index (χ0) is 17.0. The third kappa shape index (κ3) is 4.57. The molecular formula is C18H38N2OSi. The van der Waals surface area contributed by atoms with Gasteiger partial charge in [0.15, 0.2) is 0 Å². The highest BCUT2D eigenvalue weighted by Gasteiger charge is 2.41. The molecule has 0 bridgehead atoms. The fraction of sp³-hybridized carbons (Fsp3) is 0.944. The van der Waals surface area contributed by atoms with E-state index in [0.717, 1.165) is 25.5 Å². The van der Waals surface area contributed by atoms with E-state index < -0.39 is 8.07 Å². The minimum atomic E-state index is -1.38. The summed E-state index contributed by atoms with van der Waals surface area (Å²) in [5.74, 6) is 0.722. The number of hydrogen-bond donors (Lipinski definition) is 0. The highest BCUT2D eigenvalue weighted by Crippen LogP contribution is 2.46. The van der Waals surface area contributed by atoms with Crippen LogP contribution in [0.25, 0.3) is 0 Å². The summed E-state index contributed by atoms with van der Waals surface area (Å²) in [5, 5.41) is 7.79. The predicted molar refractivity (Wildman–Crippen MR) is 100 cm³/mol. The van der Waals surface area contributed by atoms with Crippen molar-refractivity contribution in [3.63, 3.8) is 0 Å². The molecule has 3 nitrogen and oxygen atoms in total. The van der Waals surface area contributed by atoms with Gasteiger partial charge in [0.1, 0.15) is 0 Å². The molecule has 1 rings (SSSR count). The molecule has 0 aromatic heterocycles. The third-order valence-corrected chi connectivity index (χ3v) is 11.6. The van der Waals surface area contributed by atoms with Crippen molar-refractivity contribution in [2.75, 3.05) is 20.3 Å². The average Bonchev–Trinajstić information content (AvgIpc) is 2.85. The van der Waals surface area contributed by atoms with Crippen molar-refractivity contribution in [3.05, 3.63) is 0 Å². The largest absolute Gasteiger partial charge is 0.382 e. The number of hydrazone groups is 1. The van der Waals surface area contributed by atoms with E-state index in [4.69, 9.17) is 9.84 Å². The summed E-state index contributed by atoms with van der Waals surface area (Å²) >= 11 is 0. The molecule has 0 aromatic carbocycles. The minimum absolute atomic E-state index is 0.430. The second-order valence-corrected chi connectivity index (χ2v) is 13.8. The lowest BCUT2D eigenvalue weighted by Crippen LogP contribution is -2.44. The second kappa shape index (κ2) is 7.96. The summed E-state index contributed by atoms with van der Waals surface area (Å²) in [6.45, 7) is 18.9. The number of methoxy groups -OCH3 is 1. The van der Waals surface area contributed by atoms with Gasteiger partial charge in [-0.1, -0.05) is 47.7 Å². The molecular weight excluding hydrogens is 288 g/mol. The Morgan fingerprint density at radius 2 is 2.00 bits per heavy atom. The van der Waals surface area contributed by atoms with E-state index in [1.165, 1.54) is 24.6 Å². The van der Waals surface area contributed by atoms with Crippen LogP contribution >= 0.6 is 0 Å². The Hall–Kier alpha value is -0.353. The first-order chi connectivity index (χ1) is 10.2. The number of nitrogens with zero attached hydrogens (tertiary/aromatic N) is 2. The SMILES string of the molecule is CC/C(C[Si](C)(C)C(C)(C)C(C)C)=N/N1CCC[C@H]1COC. The van der Waals surface area contributed by atoms with Gasteiger partial charge in [-0.05, 0) is 36.3 Å². The maximum Gasteiger partial charge on any atom is 0.0704 e. The smallest absolute Gasteiger partial charge is 0.0704 e. The van der Waals surface area contributed by atoms with Crippen LogP contribution in [0.3, 0.4) is 0 Å². The monoisotopic (exact) mass is 326 g/mol. The Bertz CT molecular complexity index is 377. The Labute approximate surface area is 139 Å². The molecule has 0 saturated carbocycles. The van der Waals surface area contributed by atoms with Gasteiger partial charge in [-0.2, -0.15) is 5.10 Å². The van der Waals surface area contributed by atoms with Crippen LogP contribution in [0.2, 0.25) is 24.2 Å². The van der Waals surface area contributed by atoms with E-state index in [0.29, 0.717) is 11.1 Å². The fourth-order valence-electron chi connectivity index (χ4n) is 3.25. The molecule has 1 atom stereocenters. The third-order valence-electron chi connectivity index (χ3n) is 6.22. The summed E-state index contributed by atoms with van der Waals surface area (Å²) in [4.78, 5) is 0. The van der Waals surface area contributed by atoms with Gasteiger partial charge in [0.2, 0.25) is 0 Å². The highest BCUT2D eigenvalue weighted by atomic mass is 28.3. The minimum Gasteiger partial charge on any atom is -0.382 e. The van der Waals surface area contributed by atoms with Crippen LogP contribution in [0.1, 0.15) is 53.9 Å². The zero-order valence-electron chi connectivity index (χ0n) is 16.2. The molecule has 1 aliphatic heterocycles. The van der Waals surface area contributed by atoms with E-state index in [9.17, 15) is 0 Å². The van der Waals surface area contributed by atoms with Crippen LogP contribution in [-0.2, 0) is 4.74 Å². The average molecular weight is 327 g/mol. The van der Waals surface area contributed by atoms with E-state index >= 15 is 0 Å². The molecule has 130 valence electrons. The molecule has 0 aliphatic carbocycles. The predicted octanol–water partition coefficient (Wildman–Crippen LogP) is 5.01. The molecule has 0 spiro atoms. The number of rotatable bonds is 8. The van der Waals surface area contributed by atoms with Crippen molar-refractivity contribution >= 4 is 13.8 Å². The molecule has 0 aromatic rings. The van der Waals surface area contributed by atoms with Gasteiger partial charge in [-0.25, -0.2) is 0 Å². The van der Waals surface area contributed by atoms with Crippen molar-refractivity contribution in [1.82, 2.24) is 5.01 Å². The first-order valence-electron chi connectivity index (χ1n) is 8.97. The first-order valence-corrected chi connectivity index (χ1v) is 12.2. The van der Waals surface area contributed by atoms with Crippen LogP contribution in [0.4, 0.5) is 0 Å². The lowest BCUT2D eigenvalue weighted by Gasteiger charge is -2.44. The van der Waals surface area contributed by atoms with E-state index in [1.807, 2.05) is 0 Å². The van der Waals surface area contributed by atoms with E-state index in [2.05, 4.69) is 52.7 Å². The highest BCUT2D eigenvalue weighted by molar-refractivity contribution is 6.82. The van der Waals surface area contributed by atoms with Crippen molar-refractivity contribution in [3.8, 4) is 0 Å². The Morgan fingerprint density at radius 3 is 2.50 bits per heavy atom. The Morgan fingerprint density at radius 1 is 1.36 bits per heavy atom. The first kappa shape index (κ1) is 19.7. The molecule has 22 heavy (non-hydrogen) atoms. The van der Waals surface area contributed by atoms with Crippen LogP contribution in [-0.4, -0.2) is 45.1 Å². The quantitative estimate of drug-likeness (QED) is 0.463. The molecule has 1 saturated heterocycles.